The predicted molar refractivity (Wildman–Crippen MR) is 101 cm³/mol. The first-order valence-electron chi connectivity index (χ1n) is 10.1. The Hall–Kier alpha value is -1.62. The summed E-state index contributed by atoms with van der Waals surface area (Å²) in [6.45, 7) is 3.17. The number of benzene rings is 1. The van der Waals surface area contributed by atoms with Gasteiger partial charge in [-0.2, -0.15) is 0 Å². The number of carbonyl (C=O) groups is 1. The topological polar surface area (TPSA) is 41.6 Å². The van der Waals surface area contributed by atoms with Crippen molar-refractivity contribution in [3.8, 4) is 5.75 Å². The van der Waals surface area contributed by atoms with Gasteiger partial charge in [-0.25, -0.2) is 4.39 Å². The second-order valence-corrected chi connectivity index (χ2v) is 7.58. The van der Waals surface area contributed by atoms with E-state index in [1.807, 2.05) is 0 Å². The van der Waals surface area contributed by atoms with Crippen molar-refractivity contribution in [1.82, 2.24) is 10.2 Å². The first kappa shape index (κ1) is 19.2. The van der Waals surface area contributed by atoms with Gasteiger partial charge in [0.25, 0.3) is 0 Å². The van der Waals surface area contributed by atoms with E-state index in [0.717, 1.165) is 32.5 Å². The minimum absolute atomic E-state index is 0.251. The van der Waals surface area contributed by atoms with Gasteiger partial charge in [-0.15, -0.1) is 0 Å². The monoisotopic (exact) mass is 362 g/mol. The molecular formula is C21H31FN2O2. The van der Waals surface area contributed by atoms with E-state index >= 15 is 0 Å². The maximum atomic E-state index is 12.8. The lowest BCUT2D eigenvalue weighted by molar-refractivity contribution is -0.129. The minimum Gasteiger partial charge on any atom is -0.492 e. The largest absolute Gasteiger partial charge is 0.492 e. The molecule has 1 N–H and O–H groups in total. The molecule has 1 atom stereocenters. The number of rotatable bonds is 9. The lowest BCUT2D eigenvalue weighted by Crippen LogP contribution is -2.39. The van der Waals surface area contributed by atoms with Crippen LogP contribution in [0.15, 0.2) is 24.3 Å². The molecule has 0 aromatic heterocycles. The Bertz CT molecular complexity index is 558. The number of halogens is 1. The zero-order chi connectivity index (χ0) is 18.2. The molecular weight excluding hydrogens is 331 g/mol. The van der Waals surface area contributed by atoms with Gasteiger partial charge >= 0.3 is 0 Å². The summed E-state index contributed by atoms with van der Waals surface area (Å²) in [5.41, 5.74) is 0. The second kappa shape index (κ2) is 9.91. The number of carbonyl (C=O) groups excluding carboxylic acids is 1. The van der Waals surface area contributed by atoms with Crippen molar-refractivity contribution in [1.29, 1.82) is 0 Å². The van der Waals surface area contributed by atoms with Crippen LogP contribution in [0.5, 0.6) is 5.75 Å². The average molecular weight is 362 g/mol. The zero-order valence-electron chi connectivity index (χ0n) is 15.6. The van der Waals surface area contributed by atoms with Gasteiger partial charge < -0.3 is 15.0 Å². The van der Waals surface area contributed by atoms with Crippen molar-refractivity contribution in [2.45, 2.75) is 57.4 Å². The minimum atomic E-state index is -0.251. The van der Waals surface area contributed by atoms with Gasteiger partial charge in [-0.3, -0.25) is 4.79 Å². The predicted octanol–water partition coefficient (Wildman–Crippen LogP) is 3.76. The van der Waals surface area contributed by atoms with E-state index in [2.05, 4.69) is 10.2 Å². The molecule has 4 nitrogen and oxygen atoms in total. The van der Waals surface area contributed by atoms with Crippen LogP contribution in [-0.2, 0) is 4.79 Å². The highest BCUT2D eigenvalue weighted by Crippen LogP contribution is 2.29. The molecule has 5 heteroatoms. The number of ether oxygens (including phenoxy) is 1. The fraction of sp³-hybridized carbons (Fsp3) is 0.667. The molecule has 26 heavy (non-hydrogen) atoms. The third-order valence-corrected chi connectivity index (χ3v) is 5.65. The Morgan fingerprint density at radius 2 is 1.85 bits per heavy atom. The lowest BCUT2D eigenvalue weighted by atomic mass is 9.88. The number of nitrogens with zero attached hydrogens (tertiary/aromatic N) is 1. The van der Waals surface area contributed by atoms with E-state index < -0.39 is 0 Å². The van der Waals surface area contributed by atoms with Crippen LogP contribution in [0, 0.1) is 11.7 Å². The summed E-state index contributed by atoms with van der Waals surface area (Å²) in [5.74, 6) is 1.50. The van der Waals surface area contributed by atoms with Crippen LogP contribution in [0.4, 0.5) is 4.39 Å². The van der Waals surface area contributed by atoms with Crippen LogP contribution in [-0.4, -0.2) is 43.1 Å². The third-order valence-electron chi connectivity index (χ3n) is 5.65. The van der Waals surface area contributed by atoms with Crippen molar-refractivity contribution < 1.29 is 13.9 Å². The molecule has 0 radical (unpaired) electrons. The van der Waals surface area contributed by atoms with Gasteiger partial charge in [0, 0.05) is 25.6 Å². The highest BCUT2D eigenvalue weighted by atomic mass is 19.1. The molecule has 1 aromatic carbocycles. The fourth-order valence-electron chi connectivity index (χ4n) is 4.16. The van der Waals surface area contributed by atoms with E-state index in [-0.39, 0.29) is 5.82 Å². The third kappa shape index (κ3) is 5.70. The average Bonchev–Trinajstić information content (AvgIpc) is 3.00. The van der Waals surface area contributed by atoms with Gasteiger partial charge in [0.2, 0.25) is 5.91 Å². The first-order chi connectivity index (χ1) is 12.7. The van der Waals surface area contributed by atoms with E-state index in [9.17, 15) is 9.18 Å². The van der Waals surface area contributed by atoms with Crippen LogP contribution >= 0.6 is 0 Å². The zero-order valence-corrected chi connectivity index (χ0v) is 15.6. The Labute approximate surface area is 156 Å². The normalized spacial score (nSPS) is 21.3. The molecule has 1 aliphatic heterocycles. The van der Waals surface area contributed by atoms with Gasteiger partial charge in [-0.05, 0) is 62.4 Å². The highest BCUT2D eigenvalue weighted by molar-refractivity contribution is 5.78. The smallest absolute Gasteiger partial charge is 0.222 e. The highest BCUT2D eigenvalue weighted by Gasteiger charge is 2.32. The van der Waals surface area contributed by atoms with Gasteiger partial charge in [0.15, 0.2) is 0 Å². The number of hydrogen-bond acceptors (Lipinski definition) is 3. The van der Waals surface area contributed by atoms with Crippen LogP contribution < -0.4 is 10.1 Å². The van der Waals surface area contributed by atoms with Crippen LogP contribution in [0.3, 0.4) is 0 Å². The van der Waals surface area contributed by atoms with Gasteiger partial charge in [-0.1, -0.05) is 19.3 Å². The summed E-state index contributed by atoms with van der Waals surface area (Å²) in [6.07, 6.45) is 9.31. The number of nitrogens with one attached hydrogen (secondary N) is 1. The van der Waals surface area contributed by atoms with Crippen molar-refractivity contribution in [2.75, 3.05) is 26.2 Å². The Morgan fingerprint density at radius 3 is 2.62 bits per heavy atom. The second-order valence-electron chi connectivity index (χ2n) is 7.58. The SMILES string of the molecule is O=C1CC[C@@H](CCNCCOc2ccc(F)cc2)N1CC1CCCCC1. The molecule has 1 aromatic rings. The van der Waals surface area contributed by atoms with E-state index in [1.165, 1.54) is 44.2 Å². The van der Waals surface area contributed by atoms with Crippen LogP contribution in [0.25, 0.3) is 0 Å². The molecule has 0 bridgehead atoms. The molecule has 2 aliphatic rings. The summed E-state index contributed by atoms with van der Waals surface area (Å²) in [7, 11) is 0. The molecule has 2 fully saturated rings. The molecule has 0 unspecified atom stereocenters. The van der Waals surface area contributed by atoms with E-state index in [1.54, 1.807) is 12.1 Å². The van der Waals surface area contributed by atoms with Crippen LogP contribution in [0.2, 0.25) is 0 Å². The van der Waals surface area contributed by atoms with Crippen molar-refractivity contribution in [2.24, 2.45) is 5.92 Å². The summed E-state index contributed by atoms with van der Waals surface area (Å²) in [6, 6.07) is 6.49. The lowest BCUT2D eigenvalue weighted by Gasteiger charge is -2.31. The molecule has 1 amide bonds. The Kier molecular flexibility index (Phi) is 7.30. The molecule has 144 valence electrons. The number of likely N-dealkylation sites (tertiary alicyclic amines) is 1. The quantitative estimate of drug-likeness (QED) is 0.680. The molecule has 1 aliphatic carbocycles. The van der Waals surface area contributed by atoms with E-state index in [0.29, 0.717) is 36.6 Å². The Morgan fingerprint density at radius 1 is 1.08 bits per heavy atom. The first-order valence-corrected chi connectivity index (χ1v) is 10.1. The number of amides is 1. The standard InChI is InChI=1S/C21H31FN2O2/c22-18-6-9-20(10-7-18)26-15-14-23-13-12-19-8-11-21(25)24(19)16-17-4-2-1-3-5-17/h6-7,9-10,17,19,23H,1-5,8,11-16H2/t19-/m0/s1. The van der Waals surface area contributed by atoms with Crippen molar-refractivity contribution in [3.05, 3.63) is 30.1 Å². The molecule has 0 spiro atoms. The van der Waals surface area contributed by atoms with Gasteiger partial charge in [0.05, 0.1) is 0 Å². The summed E-state index contributed by atoms with van der Waals surface area (Å²) >= 11 is 0. The summed E-state index contributed by atoms with van der Waals surface area (Å²) < 4.78 is 18.4. The summed E-state index contributed by atoms with van der Waals surface area (Å²) in [5, 5.41) is 3.40. The molecule has 1 heterocycles. The van der Waals surface area contributed by atoms with Crippen molar-refractivity contribution in [3.63, 3.8) is 0 Å². The van der Waals surface area contributed by atoms with E-state index in [4.69, 9.17) is 4.74 Å². The molecule has 3 rings (SSSR count). The van der Waals surface area contributed by atoms with Crippen molar-refractivity contribution >= 4 is 5.91 Å². The maximum absolute atomic E-state index is 12.8. The van der Waals surface area contributed by atoms with Gasteiger partial charge in [0.1, 0.15) is 18.2 Å². The summed E-state index contributed by atoms with van der Waals surface area (Å²) in [4.78, 5) is 14.4. The Balaban J connectivity index is 1.31. The number of hydrogen-bond donors (Lipinski definition) is 1. The molecule has 1 saturated heterocycles. The molecule has 1 saturated carbocycles. The fourth-order valence-corrected chi connectivity index (χ4v) is 4.16. The van der Waals surface area contributed by atoms with Crippen LogP contribution in [0.1, 0.15) is 51.4 Å². The maximum Gasteiger partial charge on any atom is 0.222 e.